The molecule has 2 heteroatoms. The number of rotatable bonds is 2. The predicted octanol–water partition coefficient (Wildman–Crippen LogP) is 3.81. The second kappa shape index (κ2) is 5.33. The number of carbonyl (C=O) groups is 1. The molecule has 1 saturated heterocycles. The highest BCUT2D eigenvalue weighted by Gasteiger charge is 2.41. The van der Waals surface area contributed by atoms with Gasteiger partial charge in [-0.15, -0.1) is 0 Å². The molecule has 2 nitrogen and oxygen atoms in total. The standard InChI is InChI=1S/C18H24O2/c1-11-12(2)20-13(3)17(11)18(19)16-9-8-14-6-4-5-7-15(14)10-16/h8-13,17H,4-7H2,1-3H3. The lowest BCUT2D eigenvalue weighted by Crippen LogP contribution is -2.27. The maximum absolute atomic E-state index is 12.8. The zero-order valence-electron chi connectivity index (χ0n) is 12.7. The Labute approximate surface area is 121 Å². The summed E-state index contributed by atoms with van der Waals surface area (Å²) in [4.78, 5) is 12.8. The molecular formula is C18H24O2. The lowest BCUT2D eigenvalue weighted by Gasteiger charge is -2.20. The average molecular weight is 272 g/mol. The number of fused-ring (bicyclic) bond motifs is 1. The van der Waals surface area contributed by atoms with Crippen LogP contribution in [0.4, 0.5) is 0 Å². The summed E-state index contributed by atoms with van der Waals surface area (Å²) in [6.07, 6.45) is 5.03. The van der Waals surface area contributed by atoms with Gasteiger partial charge in [-0.1, -0.05) is 19.1 Å². The van der Waals surface area contributed by atoms with Crippen LogP contribution in [0.1, 0.15) is 55.1 Å². The van der Waals surface area contributed by atoms with E-state index in [9.17, 15) is 4.79 Å². The van der Waals surface area contributed by atoms with Crippen molar-refractivity contribution in [3.63, 3.8) is 0 Å². The Bertz CT molecular complexity index is 520. The number of Topliss-reactive ketones (excluding diaryl/α,β-unsaturated/α-hetero) is 1. The van der Waals surface area contributed by atoms with E-state index in [0.29, 0.717) is 5.92 Å². The minimum Gasteiger partial charge on any atom is -0.374 e. The van der Waals surface area contributed by atoms with Gasteiger partial charge in [0.2, 0.25) is 0 Å². The molecule has 3 rings (SSSR count). The van der Waals surface area contributed by atoms with Gasteiger partial charge >= 0.3 is 0 Å². The fourth-order valence-electron chi connectivity index (χ4n) is 3.80. The van der Waals surface area contributed by atoms with Gasteiger partial charge in [0.05, 0.1) is 18.1 Å². The first-order chi connectivity index (χ1) is 9.58. The third-order valence-electron chi connectivity index (χ3n) is 5.18. The van der Waals surface area contributed by atoms with Crippen LogP contribution >= 0.6 is 0 Å². The van der Waals surface area contributed by atoms with E-state index in [2.05, 4.69) is 26.0 Å². The molecule has 108 valence electrons. The number of benzene rings is 1. The fraction of sp³-hybridized carbons (Fsp3) is 0.611. The quantitative estimate of drug-likeness (QED) is 0.765. The lowest BCUT2D eigenvalue weighted by atomic mass is 9.82. The zero-order chi connectivity index (χ0) is 14.3. The molecule has 1 heterocycles. The minimum atomic E-state index is 0.00615. The molecule has 4 atom stereocenters. The summed E-state index contributed by atoms with van der Waals surface area (Å²) < 4.78 is 5.82. The van der Waals surface area contributed by atoms with E-state index >= 15 is 0 Å². The fourth-order valence-corrected chi connectivity index (χ4v) is 3.80. The highest BCUT2D eigenvalue weighted by molar-refractivity contribution is 5.98. The van der Waals surface area contributed by atoms with Crippen LogP contribution in [0.25, 0.3) is 0 Å². The van der Waals surface area contributed by atoms with Crippen LogP contribution in [0.15, 0.2) is 18.2 Å². The molecule has 0 aromatic heterocycles. The van der Waals surface area contributed by atoms with Gasteiger partial charge in [0.1, 0.15) is 0 Å². The molecule has 0 amide bonds. The Hall–Kier alpha value is -1.15. The maximum Gasteiger partial charge on any atom is 0.168 e. The lowest BCUT2D eigenvalue weighted by molar-refractivity contribution is 0.0491. The van der Waals surface area contributed by atoms with E-state index in [1.807, 2.05) is 13.0 Å². The van der Waals surface area contributed by atoms with Crippen molar-refractivity contribution in [1.82, 2.24) is 0 Å². The second-order valence-corrected chi connectivity index (χ2v) is 6.49. The zero-order valence-corrected chi connectivity index (χ0v) is 12.7. The third-order valence-corrected chi connectivity index (χ3v) is 5.18. The monoisotopic (exact) mass is 272 g/mol. The van der Waals surface area contributed by atoms with E-state index < -0.39 is 0 Å². The van der Waals surface area contributed by atoms with Gasteiger partial charge in [-0.05, 0) is 62.6 Å². The molecule has 1 fully saturated rings. The summed E-state index contributed by atoms with van der Waals surface area (Å²) in [6, 6.07) is 6.32. The molecule has 0 saturated carbocycles. The van der Waals surface area contributed by atoms with Gasteiger partial charge in [-0.3, -0.25) is 4.79 Å². The van der Waals surface area contributed by atoms with E-state index in [1.54, 1.807) is 0 Å². The number of ketones is 1. The maximum atomic E-state index is 12.8. The van der Waals surface area contributed by atoms with Crippen molar-refractivity contribution in [3.8, 4) is 0 Å². The molecule has 2 aliphatic rings. The summed E-state index contributed by atoms with van der Waals surface area (Å²) in [5.41, 5.74) is 3.70. The molecule has 4 unspecified atom stereocenters. The largest absolute Gasteiger partial charge is 0.374 e. The van der Waals surface area contributed by atoms with Crippen LogP contribution in [-0.2, 0) is 17.6 Å². The molecule has 0 spiro atoms. The molecule has 20 heavy (non-hydrogen) atoms. The van der Waals surface area contributed by atoms with Crippen molar-refractivity contribution in [2.45, 2.75) is 58.7 Å². The first kappa shape index (κ1) is 13.8. The Kier molecular flexibility index (Phi) is 3.68. The first-order valence-corrected chi connectivity index (χ1v) is 7.89. The van der Waals surface area contributed by atoms with Gasteiger partial charge in [-0.2, -0.15) is 0 Å². The second-order valence-electron chi connectivity index (χ2n) is 6.49. The van der Waals surface area contributed by atoms with Crippen LogP contribution in [0.5, 0.6) is 0 Å². The van der Waals surface area contributed by atoms with E-state index in [-0.39, 0.29) is 23.9 Å². The number of carbonyl (C=O) groups excluding carboxylic acids is 1. The number of hydrogen-bond donors (Lipinski definition) is 0. The van der Waals surface area contributed by atoms with Crippen molar-refractivity contribution in [1.29, 1.82) is 0 Å². The van der Waals surface area contributed by atoms with Crippen molar-refractivity contribution in [2.75, 3.05) is 0 Å². The summed E-state index contributed by atoms with van der Waals surface area (Å²) in [6.45, 7) is 6.23. The number of aryl methyl sites for hydroxylation is 2. The Morgan fingerprint density at radius 2 is 1.75 bits per heavy atom. The number of hydrogen-bond acceptors (Lipinski definition) is 2. The number of ether oxygens (including phenoxy) is 1. The van der Waals surface area contributed by atoms with E-state index in [4.69, 9.17) is 4.74 Å². The van der Waals surface area contributed by atoms with Crippen molar-refractivity contribution < 1.29 is 9.53 Å². The molecule has 1 aromatic rings. The average Bonchev–Trinajstić information content (AvgIpc) is 2.71. The third kappa shape index (κ3) is 2.31. The Morgan fingerprint density at radius 1 is 1.05 bits per heavy atom. The van der Waals surface area contributed by atoms with Gasteiger partial charge in [0.25, 0.3) is 0 Å². The normalized spacial score (nSPS) is 33.0. The van der Waals surface area contributed by atoms with Crippen molar-refractivity contribution in [3.05, 3.63) is 34.9 Å². The highest BCUT2D eigenvalue weighted by Crippen LogP contribution is 2.35. The first-order valence-electron chi connectivity index (χ1n) is 7.89. The van der Waals surface area contributed by atoms with E-state index in [1.165, 1.54) is 30.4 Å². The Morgan fingerprint density at radius 3 is 2.40 bits per heavy atom. The molecule has 1 aliphatic heterocycles. The van der Waals surface area contributed by atoms with Gasteiger partial charge in [0.15, 0.2) is 5.78 Å². The predicted molar refractivity (Wildman–Crippen MR) is 80.1 cm³/mol. The molecular weight excluding hydrogens is 248 g/mol. The van der Waals surface area contributed by atoms with Gasteiger partial charge in [-0.25, -0.2) is 0 Å². The molecule has 0 bridgehead atoms. The SMILES string of the molecule is CC1OC(C)C(C(=O)c2ccc3c(c2)CCCC3)C1C. The highest BCUT2D eigenvalue weighted by atomic mass is 16.5. The van der Waals surface area contributed by atoms with Crippen LogP contribution in [0, 0.1) is 11.8 Å². The Balaban J connectivity index is 1.87. The van der Waals surface area contributed by atoms with Crippen LogP contribution in [0.2, 0.25) is 0 Å². The molecule has 0 radical (unpaired) electrons. The van der Waals surface area contributed by atoms with Crippen molar-refractivity contribution >= 4 is 5.78 Å². The van der Waals surface area contributed by atoms with Crippen LogP contribution in [0.3, 0.4) is 0 Å². The minimum absolute atomic E-state index is 0.00615. The van der Waals surface area contributed by atoms with Gasteiger partial charge < -0.3 is 4.74 Å². The summed E-state index contributed by atoms with van der Waals surface area (Å²) >= 11 is 0. The van der Waals surface area contributed by atoms with Gasteiger partial charge in [0, 0.05) is 5.56 Å². The smallest absolute Gasteiger partial charge is 0.168 e. The molecule has 1 aliphatic carbocycles. The summed E-state index contributed by atoms with van der Waals surface area (Å²) in [5, 5.41) is 0. The molecule has 0 N–H and O–H groups in total. The summed E-state index contributed by atoms with van der Waals surface area (Å²) in [7, 11) is 0. The molecule has 1 aromatic carbocycles. The van der Waals surface area contributed by atoms with Crippen molar-refractivity contribution in [2.24, 2.45) is 11.8 Å². The van der Waals surface area contributed by atoms with Crippen LogP contribution < -0.4 is 0 Å². The van der Waals surface area contributed by atoms with Crippen LogP contribution in [-0.4, -0.2) is 18.0 Å². The van der Waals surface area contributed by atoms with E-state index in [0.717, 1.165) is 12.0 Å². The summed E-state index contributed by atoms with van der Waals surface area (Å²) in [5.74, 6) is 0.572. The topological polar surface area (TPSA) is 26.3 Å².